The van der Waals surface area contributed by atoms with Crippen molar-refractivity contribution >= 4 is 11.8 Å². The van der Waals surface area contributed by atoms with Gasteiger partial charge in [-0.1, -0.05) is 0 Å². The Bertz CT molecular complexity index is 442. The first-order valence-electron chi connectivity index (χ1n) is 4.96. The number of Topliss-reactive ketones (excluding diaryl/α,β-unsaturated/α-hetero) is 1. The highest BCUT2D eigenvalue weighted by molar-refractivity contribution is 6.08. The van der Waals surface area contributed by atoms with E-state index >= 15 is 0 Å². The van der Waals surface area contributed by atoms with Gasteiger partial charge in [-0.15, -0.1) is 0 Å². The summed E-state index contributed by atoms with van der Waals surface area (Å²) in [6.07, 6.45) is 0. The molecule has 0 unspecified atom stereocenters. The van der Waals surface area contributed by atoms with E-state index in [4.69, 9.17) is 4.74 Å². The summed E-state index contributed by atoms with van der Waals surface area (Å²) in [5, 5.41) is 0. The summed E-state index contributed by atoms with van der Waals surface area (Å²) >= 11 is 0. The summed E-state index contributed by atoms with van der Waals surface area (Å²) in [6.45, 7) is 1.41. The lowest BCUT2D eigenvalue weighted by Crippen LogP contribution is -2.22. The van der Waals surface area contributed by atoms with Gasteiger partial charge in [0.05, 0.1) is 14.2 Å². The Balaban J connectivity index is 2.97. The molecular formula is C12H13FO4. The molecule has 17 heavy (non-hydrogen) atoms. The quantitative estimate of drug-likeness (QED) is 0.457. The molecule has 0 aromatic heterocycles. The predicted molar refractivity (Wildman–Crippen MR) is 58.5 cm³/mol. The predicted octanol–water partition coefficient (Wildman–Crippen LogP) is 1.83. The van der Waals surface area contributed by atoms with Crippen LogP contribution in [0, 0.1) is 11.7 Å². The first kappa shape index (κ1) is 13.2. The van der Waals surface area contributed by atoms with Crippen molar-refractivity contribution in [2.24, 2.45) is 5.92 Å². The zero-order valence-corrected chi connectivity index (χ0v) is 9.82. The van der Waals surface area contributed by atoms with Crippen molar-refractivity contribution < 1.29 is 23.5 Å². The third-order valence-electron chi connectivity index (χ3n) is 2.38. The molecule has 0 saturated carbocycles. The third kappa shape index (κ3) is 2.81. The monoisotopic (exact) mass is 240 g/mol. The molecule has 0 saturated heterocycles. The van der Waals surface area contributed by atoms with Crippen LogP contribution in [-0.2, 0) is 9.53 Å². The highest BCUT2D eigenvalue weighted by Gasteiger charge is 2.24. The van der Waals surface area contributed by atoms with Gasteiger partial charge >= 0.3 is 5.97 Å². The molecule has 0 fully saturated rings. The molecule has 92 valence electrons. The molecule has 0 spiro atoms. The summed E-state index contributed by atoms with van der Waals surface area (Å²) < 4.78 is 22.5. The van der Waals surface area contributed by atoms with Crippen LogP contribution in [0.3, 0.4) is 0 Å². The number of ketones is 1. The first-order valence-corrected chi connectivity index (χ1v) is 4.96. The Morgan fingerprint density at radius 2 is 1.94 bits per heavy atom. The molecule has 1 aromatic rings. The van der Waals surface area contributed by atoms with E-state index in [1.165, 1.54) is 33.3 Å². The maximum atomic E-state index is 13.4. The van der Waals surface area contributed by atoms with Crippen molar-refractivity contribution in [3.8, 4) is 5.75 Å². The third-order valence-corrected chi connectivity index (χ3v) is 2.38. The number of hydrogen-bond donors (Lipinski definition) is 0. The number of esters is 1. The molecule has 0 bridgehead atoms. The summed E-state index contributed by atoms with van der Waals surface area (Å²) in [7, 11) is 2.53. The van der Waals surface area contributed by atoms with Crippen LogP contribution in [0.1, 0.15) is 17.3 Å². The van der Waals surface area contributed by atoms with Crippen molar-refractivity contribution in [2.45, 2.75) is 6.92 Å². The average molecular weight is 240 g/mol. The van der Waals surface area contributed by atoms with Gasteiger partial charge in [-0.3, -0.25) is 9.59 Å². The van der Waals surface area contributed by atoms with Crippen molar-refractivity contribution in [3.05, 3.63) is 29.6 Å². The van der Waals surface area contributed by atoms with Crippen LogP contribution in [0.25, 0.3) is 0 Å². The van der Waals surface area contributed by atoms with E-state index in [9.17, 15) is 14.0 Å². The number of carbonyl (C=O) groups excluding carboxylic acids is 2. The fourth-order valence-corrected chi connectivity index (χ4v) is 1.35. The smallest absolute Gasteiger partial charge is 0.316 e. The molecule has 4 nitrogen and oxygen atoms in total. The first-order chi connectivity index (χ1) is 8.01. The molecule has 0 aliphatic heterocycles. The Morgan fingerprint density at radius 3 is 2.41 bits per heavy atom. The second-order valence-electron chi connectivity index (χ2n) is 3.46. The highest BCUT2D eigenvalue weighted by atomic mass is 19.1. The van der Waals surface area contributed by atoms with Gasteiger partial charge < -0.3 is 9.47 Å². The van der Waals surface area contributed by atoms with E-state index in [1.807, 2.05) is 0 Å². The second kappa shape index (κ2) is 5.43. The van der Waals surface area contributed by atoms with Crippen molar-refractivity contribution in [1.29, 1.82) is 0 Å². The Labute approximate surface area is 98.3 Å². The van der Waals surface area contributed by atoms with Gasteiger partial charge in [0, 0.05) is 5.56 Å². The second-order valence-corrected chi connectivity index (χ2v) is 3.46. The topological polar surface area (TPSA) is 52.6 Å². The van der Waals surface area contributed by atoms with E-state index in [-0.39, 0.29) is 11.3 Å². The molecule has 1 atom stereocenters. The van der Waals surface area contributed by atoms with Crippen LogP contribution in [-0.4, -0.2) is 26.0 Å². The Hall–Kier alpha value is -1.91. The zero-order valence-electron chi connectivity index (χ0n) is 9.82. The lowest BCUT2D eigenvalue weighted by molar-refractivity contribution is -0.143. The van der Waals surface area contributed by atoms with E-state index < -0.39 is 23.5 Å². The van der Waals surface area contributed by atoms with Gasteiger partial charge in [0.2, 0.25) is 0 Å². The van der Waals surface area contributed by atoms with E-state index in [0.717, 1.165) is 6.07 Å². The molecule has 5 heteroatoms. The SMILES string of the molecule is COC(=O)[C@@H](C)C(=O)c1ccc(OC)c(F)c1. The summed E-state index contributed by atoms with van der Waals surface area (Å²) in [4.78, 5) is 23.0. The molecule has 0 aliphatic rings. The van der Waals surface area contributed by atoms with Crippen LogP contribution in [0.2, 0.25) is 0 Å². The van der Waals surface area contributed by atoms with Gasteiger partial charge in [-0.2, -0.15) is 0 Å². The number of rotatable bonds is 4. The number of hydrogen-bond acceptors (Lipinski definition) is 4. The number of halogens is 1. The minimum atomic E-state index is -0.951. The fourth-order valence-electron chi connectivity index (χ4n) is 1.35. The molecular weight excluding hydrogens is 227 g/mol. The van der Waals surface area contributed by atoms with Gasteiger partial charge in [0.1, 0.15) is 5.92 Å². The minimum absolute atomic E-state index is 0.0484. The molecule has 0 heterocycles. The zero-order chi connectivity index (χ0) is 13.0. The van der Waals surface area contributed by atoms with Gasteiger partial charge in [-0.25, -0.2) is 4.39 Å². The maximum Gasteiger partial charge on any atom is 0.316 e. The summed E-state index contributed by atoms with van der Waals surface area (Å²) in [5.41, 5.74) is 0.112. The van der Waals surface area contributed by atoms with Crippen LogP contribution in [0.15, 0.2) is 18.2 Å². The summed E-state index contributed by atoms with van der Waals surface area (Å²) in [5.74, 6) is -2.68. The van der Waals surface area contributed by atoms with Crippen LogP contribution < -0.4 is 4.74 Å². The highest BCUT2D eigenvalue weighted by Crippen LogP contribution is 2.19. The summed E-state index contributed by atoms with van der Waals surface area (Å²) in [6, 6.07) is 3.79. The maximum absolute atomic E-state index is 13.4. The molecule has 1 rings (SSSR count). The van der Waals surface area contributed by atoms with Crippen molar-refractivity contribution in [1.82, 2.24) is 0 Å². The van der Waals surface area contributed by atoms with Gasteiger partial charge in [0.15, 0.2) is 17.3 Å². The average Bonchev–Trinajstić information content (AvgIpc) is 2.35. The number of carbonyl (C=O) groups is 2. The van der Waals surface area contributed by atoms with Crippen molar-refractivity contribution in [3.63, 3.8) is 0 Å². The van der Waals surface area contributed by atoms with Gasteiger partial charge in [-0.05, 0) is 25.1 Å². The molecule has 0 radical (unpaired) electrons. The number of ether oxygens (including phenoxy) is 2. The van der Waals surface area contributed by atoms with E-state index in [2.05, 4.69) is 4.74 Å². The standard InChI is InChI=1S/C12H13FO4/c1-7(12(15)17-3)11(14)8-4-5-10(16-2)9(13)6-8/h4-7H,1-3H3/t7-/m0/s1. The fraction of sp³-hybridized carbons (Fsp3) is 0.333. The molecule has 1 aromatic carbocycles. The van der Waals surface area contributed by atoms with Crippen molar-refractivity contribution in [2.75, 3.05) is 14.2 Å². The largest absolute Gasteiger partial charge is 0.494 e. The lowest BCUT2D eigenvalue weighted by atomic mass is 9.99. The Morgan fingerprint density at radius 1 is 1.29 bits per heavy atom. The van der Waals surface area contributed by atoms with Crippen LogP contribution >= 0.6 is 0 Å². The minimum Gasteiger partial charge on any atom is -0.494 e. The van der Waals surface area contributed by atoms with Gasteiger partial charge in [0.25, 0.3) is 0 Å². The van der Waals surface area contributed by atoms with E-state index in [0.29, 0.717) is 0 Å². The molecule has 0 N–H and O–H groups in total. The number of benzene rings is 1. The van der Waals surface area contributed by atoms with Crippen LogP contribution in [0.4, 0.5) is 4.39 Å². The van der Waals surface area contributed by atoms with Crippen LogP contribution in [0.5, 0.6) is 5.75 Å². The molecule has 0 aliphatic carbocycles. The van der Waals surface area contributed by atoms with E-state index in [1.54, 1.807) is 0 Å². The molecule has 0 amide bonds. The lowest BCUT2D eigenvalue weighted by Gasteiger charge is -2.09. The number of methoxy groups -OCH3 is 2. The Kier molecular flexibility index (Phi) is 4.20. The normalized spacial score (nSPS) is 11.8.